The third kappa shape index (κ3) is 5.06. The van der Waals surface area contributed by atoms with Crippen LogP contribution in [0.5, 0.6) is 0 Å². The second-order valence-corrected chi connectivity index (χ2v) is 10.5. The van der Waals surface area contributed by atoms with E-state index in [-0.39, 0.29) is 44.3 Å². The van der Waals surface area contributed by atoms with E-state index in [9.17, 15) is 36.4 Å². The van der Waals surface area contributed by atoms with Gasteiger partial charge in [0.15, 0.2) is 9.84 Å². The van der Waals surface area contributed by atoms with Gasteiger partial charge in [0.2, 0.25) is 0 Å². The van der Waals surface area contributed by atoms with Gasteiger partial charge in [-0.05, 0) is 55.5 Å². The van der Waals surface area contributed by atoms with Gasteiger partial charge in [-0.1, -0.05) is 6.07 Å². The number of nitrogens with zero attached hydrogens (tertiary/aromatic N) is 4. The maximum atomic E-state index is 13.4. The summed E-state index contributed by atoms with van der Waals surface area (Å²) in [6.45, 7) is 1.48. The summed E-state index contributed by atoms with van der Waals surface area (Å²) >= 11 is 0. The quantitative estimate of drug-likeness (QED) is 0.401. The van der Waals surface area contributed by atoms with E-state index in [0.29, 0.717) is 0 Å². The summed E-state index contributed by atoms with van der Waals surface area (Å²) in [6, 6.07) is 12.8. The van der Waals surface area contributed by atoms with Crippen LogP contribution in [-0.4, -0.2) is 42.0 Å². The molecule has 0 aliphatic rings. The van der Waals surface area contributed by atoms with Crippen LogP contribution in [0.15, 0.2) is 70.5 Å². The van der Waals surface area contributed by atoms with Gasteiger partial charge in [0.1, 0.15) is 5.56 Å². The lowest BCUT2D eigenvalue weighted by Gasteiger charge is -2.19. The molecule has 0 atom stereocenters. The van der Waals surface area contributed by atoms with Gasteiger partial charge in [0.25, 0.3) is 11.5 Å². The number of rotatable bonds is 5. The molecule has 200 valence electrons. The van der Waals surface area contributed by atoms with Crippen molar-refractivity contribution in [1.82, 2.24) is 19.7 Å². The summed E-state index contributed by atoms with van der Waals surface area (Å²) in [4.78, 5) is 25.8. The van der Waals surface area contributed by atoms with Crippen LogP contribution in [0.25, 0.3) is 22.6 Å². The van der Waals surface area contributed by atoms with Crippen molar-refractivity contribution in [2.75, 3.05) is 13.3 Å². The molecule has 1 amide bonds. The maximum absolute atomic E-state index is 13.4. The van der Waals surface area contributed by atoms with Crippen molar-refractivity contribution in [3.8, 4) is 28.7 Å². The van der Waals surface area contributed by atoms with Gasteiger partial charge < -0.3 is 5.32 Å². The van der Waals surface area contributed by atoms with E-state index in [2.05, 4.69) is 10.4 Å². The van der Waals surface area contributed by atoms with Gasteiger partial charge in [-0.25, -0.2) is 13.1 Å². The molecule has 0 bridgehead atoms. The average Bonchev–Trinajstić information content (AvgIpc) is 3.36. The molecule has 0 saturated carbocycles. The molecule has 2 aromatic heterocycles. The zero-order chi connectivity index (χ0) is 28.7. The van der Waals surface area contributed by atoms with E-state index in [1.807, 2.05) is 6.07 Å². The van der Waals surface area contributed by atoms with Crippen LogP contribution in [0.3, 0.4) is 0 Å². The fourth-order valence-corrected chi connectivity index (χ4v) is 5.02. The van der Waals surface area contributed by atoms with E-state index in [1.54, 1.807) is 0 Å². The monoisotopic (exact) mass is 555 g/mol. The molecule has 1 N–H and O–H groups in total. The fourth-order valence-electron chi connectivity index (χ4n) is 4.15. The predicted octanol–water partition coefficient (Wildman–Crippen LogP) is 3.65. The number of sulfone groups is 1. The molecule has 0 aliphatic carbocycles. The molecule has 0 unspecified atom stereocenters. The van der Waals surface area contributed by atoms with Crippen LogP contribution in [0.4, 0.5) is 13.2 Å². The Morgan fingerprint density at radius 2 is 1.82 bits per heavy atom. The smallest absolute Gasteiger partial charge is 0.355 e. The molecule has 2 heterocycles. The largest absolute Gasteiger partial charge is 0.416 e. The zero-order valence-electron chi connectivity index (χ0n) is 20.7. The van der Waals surface area contributed by atoms with Gasteiger partial charge in [-0.3, -0.25) is 14.2 Å². The first-order chi connectivity index (χ1) is 18.3. The molecular weight excluding hydrogens is 535 g/mol. The highest BCUT2D eigenvalue weighted by Gasteiger charge is 2.31. The molecule has 0 fully saturated rings. The first-order valence-electron chi connectivity index (χ1n) is 11.2. The summed E-state index contributed by atoms with van der Waals surface area (Å²) < 4.78 is 67.7. The first kappa shape index (κ1) is 27.3. The van der Waals surface area contributed by atoms with Crippen molar-refractivity contribution in [2.24, 2.45) is 0 Å². The number of hydrogen-bond acceptors (Lipinski definition) is 6. The van der Waals surface area contributed by atoms with Gasteiger partial charge in [-0.2, -0.15) is 23.5 Å². The van der Waals surface area contributed by atoms with Crippen LogP contribution in [0, 0.1) is 18.3 Å². The lowest BCUT2D eigenvalue weighted by molar-refractivity contribution is -0.137. The second-order valence-electron chi connectivity index (χ2n) is 8.52. The number of benzene rings is 2. The number of amides is 1. The molecular formula is C26H20F3N5O4S. The number of carbonyl (C=O) groups is 1. The average molecular weight is 556 g/mol. The number of aromatic nitrogens is 3. The highest BCUT2D eigenvalue weighted by molar-refractivity contribution is 7.90. The number of alkyl halides is 3. The van der Waals surface area contributed by atoms with Gasteiger partial charge in [0.05, 0.1) is 39.7 Å². The third-order valence-corrected chi connectivity index (χ3v) is 7.11. The van der Waals surface area contributed by atoms with E-state index < -0.39 is 33.0 Å². The van der Waals surface area contributed by atoms with Gasteiger partial charge in [-0.15, -0.1) is 0 Å². The fraction of sp³-hybridized carbons (Fsp3) is 0.154. The lowest BCUT2D eigenvalue weighted by Crippen LogP contribution is -2.32. The molecule has 0 spiro atoms. The van der Waals surface area contributed by atoms with Crippen LogP contribution < -0.4 is 10.9 Å². The summed E-state index contributed by atoms with van der Waals surface area (Å²) in [5, 5.41) is 15.8. The topological polar surface area (TPSA) is 127 Å². The number of hydrogen-bond donors (Lipinski definition) is 1. The van der Waals surface area contributed by atoms with Crippen molar-refractivity contribution in [3.63, 3.8) is 0 Å². The minimum absolute atomic E-state index is 0.0919. The molecule has 4 rings (SSSR count). The highest BCUT2D eigenvalue weighted by Crippen LogP contribution is 2.33. The van der Waals surface area contributed by atoms with Crippen molar-refractivity contribution < 1.29 is 26.4 Å². The normalized spacial score (nSPS) is 11.7. The highest BCUT2D eigenvalue weighted by atomic mass is 32.2. The van der Waals surface area contributed by atoms with Crippen molar-refractivity contribution in [3.05, 3.63) is 93.5 Å². The van der Waals surface area contributed by atoms with E-state index >= 15 is 0 Å². The zero-order valence-corrected chi connectivity index (χ0v) is 21.6. The Morgan fingerprint density at radius 3 is 2.44 bits per heavy atom. The summed E-state index contributed by atoms with van der Waals surface area (Å²) in [6.07, 6.45) is -2.34. The molecule has 9 nitrogen and oxygen atoms in total. The van der Waals surface area contributed by atoms with Crippen molar-refractivity contribution in [1.29, 1.82) is 5.26 Å². The molecule has 4 aromatic rings. The molecule has 2 aromatic carbocycles. The van der Waals surface area contributed by atoms with Gasteiger partial charge >= 0.3 is 6.18 Å². The number of nitrogens with one attached hydrogen (secondary N) is 1. The van der Waals surface area contributed by atoms with E-state index in [0.717, 1.165) is 29.0 Å². The molecule has 13 heteroatoms. The van der Waals surface area contributed by atoms with Crippen molar-refractivity contribution in [2.45, 2.75) is 18.0 Å². The number of halogens is 3. The summed E-state index contributed by atoms with van der Waals surface area (Å²) in [5.41, 5.74) is -1.48. The molecule has 0 radical (unpaired) electrons. The number of nitriles is 1. The van der Waals surface area contributed by atoms with Crippen LogP contribution in [0.2, 0.25) is 0 Å². The van der Waals surface area contributed by atoms with Crippen LogP contribution >= 0.6 is 0 Å². The first-order valence-corrected chi connectivity index (χ1v) is 13.1. The Hall–Kier alpha value is -4.70. The summed E-state index contributed by atoms with van der Waals surface area (Å²) in [5.74, 6) is -0.775. The Balaban J connectivity index is 2.06. The summed E-state index contributed by atoms with van der Waals surface area (Å²) in [7, 11) is -2.54. The Kier molecular flexibility index (Phi) is 6.93. The standard InChI is InChI=1S/C26H20F3N5O4S/c1-15-19(21-9-10-32-34(21)22-8-7-16(14-30)11-23(22)39(3,37)38)13-20(24(35)31-2)25(36)33(15)18-6-4-5-17(12-18)26(27,28)29/h4-13H,1-3H3,(H,31,35). The molecule has 39 heavy (non-hydrogen) atoms. The SMILES string of the molecule is CNC(=O)c1cc(-c2ccnn2-c2ccc(C#N)cc2S(C)(=O)=O)c(C)n(-c2cccc(C(F)(F)F)c2)c1=O. The number of pyridine rings is 1. The predicted molar refractivity (Wildman–Crippen MR) is 136 cm³/mol. The number of carbonyl (C=O) groups excluding carboxylic acids is 1. The Morgan fingerprint density at radius 1 is 1.10 bits per heavy atom. The third-order valence-electron chi connectivity index (χ3n) is 5.99. The van der Waals surface area contributed by atoms with E-state index in [4.69, 9.17) is 0 Å². The Bertz CT molecular complexity index is 1830. The molecule has 0 aliphatic heterocycles. The molecule has 0 saturated heterocycles. The van der Waals surface area contributed by atoms with E-state index in [1.165, 1.54) is 61.2 Å². The Labute approximate surface area is 220 Å². The lowest BCUT2D eigenvalue weighted by atomic mass is 10.0. The van der Waals surface area contributed by atoms with Crippen LogP contribution in [0.1, 0.15) is 27.2 Å². The minimum atomic E-state index is -4.68. The van der Waals surface area contributed by atoms with Crippen molar-refractivity contribution >= 4 is 15.7 Å². The minimum Gasteiger partial charge on any atom is -0.355 e. The van der Waals surface area contributed by atoms with Gasteiger partial charge in [0, 0.05) is 30.2 Å². The maximum Gasteiger partial charge on any atom is 0.416 e. The second kappa shape index (κ2) is 9.88. The van der Waals surface area contributed by atoms with Crippen LogP contribution in [-0.2, 0) is 16.0 Å².